The predicted molar refractivity (Wildman–Crippen MR) is 85.8 cm³/mol. The number of hydrogen-bond acceptors (Lipinski definition) is 6. The average Bonchev–Trinajstić information content (AvgIpc) is 3.36. The molecule has 0 spiro atoms. The maximum atomic E-state index is 13.1. The predicted octanol–water partition coefficient (Wildman–Crippen LogP) is 4.17. The molecule has 6 nitrogen and oxygen atoms in total. The summed E-state index contributed by atoms with van der Waals surface area (Å²) < 4.78 is 43.0. The molecular weight excluding hydrogens is 347 g/mol. The van der Waals surface area contributed by atoms with Gasteiger partial charge in [-0.05, 0) is 36.5 Å². The molecule has 4 rings (SSSR count). The van der Waals surface area contributed by atoms with Gasteiger partial charge in [0, 0.05) is 12.4 Å². The molecule has 26 heavy (non-hydrogen) atoms. The van der Waals surface area contributed by atoms with Gasteiger partial charge in [0.25, 0.3) is 11.8 Å². The highest BCUT2D eigenvalue weighted by molar-refractivity contribution is 5.50. The van der Waals surface area contributed by atoms with Crippen LogP contribution in [0, 0.1) is 11.7 Å². The Hall–Kier alpha value is -2.97. The molecule has 3 aromatic rings. The summed E-state index contributed by atoms with van der Waals surface area (Å²) in [6, 6.07) is 6.31. The van der Waals surface area contributed by atoms with Crippen LogP contribution in [0.25, 0.3) is 11.5 Å². The molecule has 1 aliphatic rings. The first-order valence-corrected chi connectivity index (χ1v) is 8.06. The molecule has 1 aliphatic carbocycles. The summed E-state index contributed by atoms with van der Waals surface area (Å²) in [7, 11) is 0. The van der Waals surface area contributed by atoms with Crippen LogP contribution in [-0.2, 0) is 0 Å². The zero-order chi connectivity index (χ0) is 18.1. The van der Waals surface area contributed by atoms with Crippen molar-refractivity contribution in [3.8, 4) is 11.5 Å². The van der Waals surface area contributed by atoms with Gasteiger partial charge in [0.2, 0.25) is 5.95 Å². The van der Waals surface area contributed by atoms with Gasteiger partial charge in [0.05, 0.1) is 11.6 Å². The fourth-order valence-corrected chi connectivity index (χ4v) is 2.66. The normalized spacial score (nSPS) is 15.2. The van der Waals surface area contributed by atoms with Crippen molar-refractivity contribution in [1.29, 1.82) is 0 Å². The van der Waals surface area contributed by atoms with Crippen LogP contribution in [0.5, 0.6) is 0 Å². The SMILES string of the molecule is Fc1ccc(C(Nc2ncc(-c3nnc(C(F)F)o3)cn2)C2CC2)cc1. The average molecular weight is 361 g/mol. The van der Waals surface area contributed by atoms with E-state index in [1.165, 1.54) is 24.5 Å². The fourth-order valence-electron chi connectivity index (χ4n) is 2.66. The minimum atomic E-state index is -2.83. The van der Waals surface area contributed by atoms with Gasteiger partial charge in [-0.1, -0.05) is 12.1 Å². The molecular formula is C17H14F3N5O. The quantitative estimate of drug-likeness (QED) is 0.710. The minimum absolute atomic E-state index is 0.0182. The summed E-state index contributed by atoms with van der Waals surface area (Å²) in [6.45, 7) is 0. The molecule has 1 atom stereocenters. The first kappa shape index (κ1) is 16.5. The zero-order valence-corrected chi connectivity index (χ0v) is 13.4. The number of benzene rings is 1. The largest absolute Gasteiger partial charge is 0.415 e. The number of hydrogen-bond donors (Lipinski definition) is 1. The van der Waals surface area contributed by atoms with Crippen molar-refractivity contribution in [2.75, 3.05) is 5.32 Å². The Balaban J connectivity index is 1.51. The topological polar surface area (TPSA) is 76.7 Å². The van der Waals surface area contributed by atoms with E-state index in [0.29, 0.717) is 17.4 Å². The van der Waals surface area contributed by atoms with Crippen LogP contribution >= 0.6 is 0 Å². The fraction of sp³-hybridized carbons (Fsp3) is 0.294. The molecule has 0 aliphatic heterocycles. The van der Waals surface area contributed by atoms with E-state index in [-0.39, 0.29) is 17.7 Å². The molecule has 0 bridgehead atoms. The van der Waals surface area contributed by atoms with Gasteiger partial charge in [0.1, 0.15) is 5.82 Å². The molecule has 0 radical (unpaired) electrons. The molecule has 1 N–H and O–H groups in total. The lowest BCUT2D eigenvalue weighted by Crippen LogP contribution is -2.14. The Labute approximate surface area is 146 Å². The maximum absolute atomic E-state index is 13.1. The lowest BCUT2D eigenvalue weighted by Gasteiger charge is -2.18. The Kier molecular flexibility index (Phi) is 4.27. The van der Waals surface area contributed by atoms with Crippen LogP contribution < -0.4 is 5.32 Å². The second kappa shape index (κ2) is 6.74. The highest BCUT2D eigenvalue weighted by atomic mass is 19.3. The third-order valence-corrected chi connectivity index (χ3v) is 4.13. The van der Waals surface area contributed by atoms with Crippen LogP contribution in [0.1, 0.15) is 36.8 Å². The van der Waals surface area contributed by atoms with Crippen molar-refractivity contribution in [2.24, 2.45) is 5.92 Å². The summed E-state index contributed by atoms with van der Waals surface area (Å²) in [6.07, 6.45) is 2.17. The van der Waals surface area contributed by atoms with E-state index in [1.807, 2.05) is 0 Å². The summed E-state index contributed by atoms with van der Waals surface area (Å²) in [4.78, 5) is 8.38. The second-order valence-corrected chi connectivity index (χ2v) is 6.05. The highest BCUT2D eigenvalue weighted by Crippen LogP contribution is 2.42. The summed E-state index contributed by atoms with van der Waals surface area (Å²) in [5, 5.41) is 10.1. The molecule has 1 saturated carbocycles. The van der Waals surface area contributed by atoms with Gasteiger partial charge in [-0.2, -0.15) is 8.78 Å². The molecule has 1 aromatic carbocycles. The van der Waals surface area contributed by atoms with Gasteiger partial charge in [-0.25, -0.2) is 14.4 Å². The first-order valence-electron chi connectivity index (χ1n) is 8.06. The molecule has 9 heteroatoms. The van der Waals surface area contributed by atoms with E-state index >= 15 is 0 Å². The number of alkyl halides is 2. The lowest BCUT2D eigenvalue weighted by atomic mass is 10.0. The Bertz CT molecular complexity index is 878. The van der Waals surface area contributed by atoms with Gasteiger partial charge < -0.3 is 9.73 Å². The van der Waals surface area contributed by atoms with E-state index in [0.717, 1.165) is 18.4 Å². The van der Waals surface area contributed by atoms with Crippen molar-refractivity contribution < 1.29 is 17.6 Å². The van der Waals surface area contributed by atoms with E-state index in [2.05, 4.69) is 25.5 Å². The number of aromatic nitrogens is 4. The van der Waals surface area contributed by atoms with Crippen LogP contribution in [0.15, 0.2) is 41.1 Å². The van der Waals surface area contributed by atoms with Crippen molar-refractivity contribution >= 4 is 5.95 Å². The van der Waals surface area contributed by atoms with Gasteiger partial charge in [0.15, 0.2) is 0 Å². The van der Waals surface area contributed by atoms with Crippen LogP contribution in [-0.4, -0.2) is 20.2 Å². The van der Waals surface area contributed by atoms with Crippen LogP contribution in [0.2, 0.25) is 0 Å². The molecule has 134 valence electrons. The summed E-state index contributed by atoms with van der Waals surface area (Å²) >= 11 is 0. The number of nitrogens with one attached hydrogen (secondary N) is 1. The monoisotopic (exact) mass is 361 g/mol. The van der Waals surface area contributed by atoms with Crippen molar-refractivity contribution in [3.63, 3.8) is 0 Å². The number of halogens is 3. The maximum Gasteiger partial charge on any atom is 0.314 e. The molecule has 2 aromatic heterocycles. The van der Waals surface area contributed by atoms with Gasteiger partial charge in [-0.3, -0.25) is 0 Å². The molecule has 0 amide bonds. The van der Waals surface area contributed by atoms with E-state index in [1.54, 1.807) is 12.1 Å². The molecule has 2 heterocycles. The van der Waals surface area contributed by atoms with Crippen LogP contribution in [0.4, 0.5) is 19.1 Å². The third-order valence-electron chi connectivity index (χ3n) is 4.13. The van der Waals surface area contributed by atoms with Crippen molar-refractivity contribution in [3.05, 3.63) is 53.9 Å². The lowest BCUT2D eigenvalue weighted by molar-refractivity contribution is 0.116. The molecule has 1 unspecified atom stereocenters. The Morgan fingerprint density at radius 2 is 1.73 bits per heavy atom. The van der Waals surface area contributed by atoms with Gasteiger partial charge in [-0.15, -0.1) is 10.2 Å². The summed E-state index contributed by atoms with van der Waals surface area (Å²) in [5.41, 5.74) is 1.31. The minimum Gasteiger partial charge on any atom is -0.415 e. The number of rotatable bonds is 6. The Morgan fingerprint density at radius 3 is 2.31 bits per heavy atom. The van der Waals surface area contributed by atoms with E-state index in [4.69, 9.17) is 4.42 Å². The summed E-state index contributed by atoms with van der Waals surface area (Å²) in [5.74, 6) is -0.278. The molecule has 1 fully saturated rings. The van der Waals surface area contributed by atoms with E-state index in [9.17, 15) is 13.2 Å². The highest BCUT2D eigenvalue weighted by Gasteiger charge is 2.32. The zero-order valence-electron chi connectivity index (χ0n) is 13.4. The standard InChI is InChI=1S/C17H14F3N5O/c18-12-5-3-10(4-6-12)13(9-1-2-9)23-17-21-7-11(8-22-17)15-24-25-16(26-15)14(19)20/h3-9,13-14H,1-2H2,(H,21,22,23). The second-order valence-electron chi connectivity index (χ2n) is 6.05. The smallest absolute Gasteiger partial charge is 0.314 e. The van der Waals surface area contributed by atoms with Gasteiger partial charge >= 0.3 is 6.43 Å². The third kappa shape index (κ3) is 3.51. The number of anilines is 1. The Morgan fingerprint density at radius 1 is 1.04 bits per heavy atom. The first-order chi connectivity index (χ1) is 12.6. The van der Waals surface area contributed by atoms with Crippen LogP contribution in [0.3, 0.4) is 0 Å². The van der Waals surface area contributed by atoms with Crippen molar-refractivity contribution in [1.82, 2.24) is 20.2 Å². The van der Waals surface area contributed by atoms with E-state index < -0.39 is 12.3 Å². The van der Waals surface area contributed by atoms with Crippen molar-refractivity contribution in [2.45, 2.75) is 25.3 Å². The number of nitrogens with zero attached hydrogens (tertiary/aromatic N) is 4. The molecule has 0 saturated heterocycles.